The Morgan fingerprint density at radius 2 is 1.38 bits per heavy atom. The summed E-state index contributed by atoms with van der Waals surface area (Å²) < 4.78 is 11.1. The van der Waals surface area contributed by atoms with Gasteiger partial charge < -0.3 is 19.3 Å². The van der Waals surface area contributed by atoms with E-state index in [4.69, 9.17) is 21.1 Å². The Balaban J connectivity index is 1.28. The Bertz CT molecular complexity index is 2210. The molecule has 53 heavy (non-hydrogen) atoms. The highest BCUT2D eigenvalue weighted by Gasteiger charge is 2.44. The van der Waals surface area contributed by atoms with Crippen molar-refractivity contribution in [1.82, 2.24) is 0 Å². The number of allylic oxidation sites excluding steroid dienone is 7. The number of fused-ring (bicyclic) bond motifs is 6. The van der Waals surface area contributed by atoms with Crippen LogP contribution < -0.4 is 19.3 Å². The van der Waals surface area contributed by atoms with E-state index in [0.717, 1.165) is 42.5 Å². The molecule has 0 saturated carbocycles. The molecule has 2 aliphatic heterocycles. The zero-order chi connectivity index (χ0) is 38.0. The van der Waals surface area contributed by atoms with Gasteiger partial charge in [-0.3, -0.25) is 0 Å². The molecule has 4 nitrogen and oxygen atoms in total. The summed E-state index contributed by atoms with van der Waals surface area (Å²) in [6, 6.07) is 22.2. The second kappa shape index (κ2) is 13.6. The van der Waals surface area contributed by atoms with Gasteiger partial charge in [-0.1, -0.05) is 103 Å². The zero-order valence-corrected chi connectivity index (χ0v) is 34.4. The Morgan fingerprint density at radius 1 is 0.774 bits per heavy atom. The number of likely N-dealkylation sites (N-methyl/N-ethyl adjacent to an activating group) is 2. The number of methoxy groups -OCH3 is 2. The molecule has 0 amide bonds. The molecule has 7 rings (SSSR count). The summed E-state index contributed by atoms with van der Waals surface area (Å²) in [5.41, 5.74) is 9.00. The SMILES string of the molecule is CCN1/C(=C/C=C2\CC(C(C)(C)C)CC(/C=C/C3N(CC)c4ccc5cc(OC)ccc5c4C3(C)C)=C2Cl)C(C)(C)c2c1ccc1cc(OC)ccc21. The molecule has 0 spiro atoms. The number of rotatable bonds is 7. The van der Waals surface area contributed by atoms with Gasteiger partial charge in [0.2, 0.25) is 0 Å². The Morgan fingerprint density at radius 3 is 1.94 bits per heavy atom. The molecule has 0 N–H and O–H groups in total. The molecule has 0 saturated heterocycles. The lowest BCUT2D eigenvalue weighted by molar-refractivity contribution is 0.234. The van der Waals surface area contributed by atoms with E-state index < -0.39 is 0 Å². The highest BCUT2D eigenvalue weighted by Crippen LogP contribution is 2.53. The standard InChI is InChI=1S/C48H57ClN2O2/c1-12-50-39-22-14-30-28-35(52-10)18-20-37(30)43(39)47(6,7)41(50)24-16-32-26-34(46(3,4)5)27-33(45(32)49)17-25-42-48(8,9)44-38-21-19-36(53-11)29-31(38)15-23-40(44)51(42)13-2/h14-25,28-29,34,41H,12-13,26-27H2,1-11H3/b24-16+,33-17+,42-25+. The lowest BCUT2D eigenvalue weighted by Crippen LogP contribution is -2.40. The van der Waals surface area contributed by atoms with E-state index in [1.165, 1.54) is 60.9 Å². The molecule has 3 aliphatic rings. The van der Waals surface area contributed by atoms with Gasteiger partial charge in [0, 0.05) is 46.0 Å². The first-order chi connectivity index (χ1) is 25.1. The van der Waals surface area contributed by atoms with E-state index in [2.05, 4.69) is 157 Å². The van der Waals surface area contributed by atoms with Gasteiger partial charge in [-0.25, -0.2) is 0 Å². The van der Waals surface area contributed by atoms with Crippen molar-refractivity contribution in [2.24, 2.45) is 11.3 Å². The summed E-state index contributed by atoms with van der Waals surface area (Å²) in [6.07, 6.45) is 11.4. The number of halogens is 1. The Labute approximate surface area is 322 Å². The maximum atomic E-state index is 7.49. The normalized spacial score (nSPS) is 22.5. The number of nitrogens with zero attached hydrogens (tertiary/aromatic N) is 2. The van der Waals surface area contributed by atoms with Crippen molar-refractivity contribution in [1.29, 1.82) is 0 Å². The maximum Gasteiger partial charge on any atom is 0.119 e. The summed E-state index contributed by atoms with van der Waals surface area (Å²) >= 11 is 7.49. The molecule has 2 atom stereocenters. The van der Waals surface area contributed by atoms with Gasteiger partial charge >= 0.3 is 0 Å². The van der Waals surface area contributed by atoms with Gasteiger partial charge in [-0.2, -0.15) is 0 Å². The average Bonchev–Trinajstić information content (AvgIpc) is 3.50. The molecule has 4 aromatic rings. The van der Waals surface area contributed by atoms with Crippen LogP contribution in [0.5, 0.6) is 11.5 Å². The van der Waals surface area contributed by atoms with Crippen LogP contribution in [0.25, 0.3) is 21.5 Å². The maximum absolute atomic E-state index is 7.49. The minimum absolute atomic E-state index is 0.105. The molecular weight excluding hydrogens is 672 g/mol. The fourth-order valence-corrected chi connectivity index (χ4v) is 9.83. The van der Waals surface area contributed by atoms with E-state index in [1.54, 1.807) is 14.2 Å². The van der Waals surface area contributed by atoms with Gasteiger partial charge in [0.15, 0.2) is 0 Å². The summed E-state index contributed by atoms with van der Waals surface area (Å²) in [5.74, 6) is 2.25. The number of anilines is 2. The summed E-state index contributed by atoms with van der Waals surface area (Å²) in [6.45, 7) is 23.0. The van der Waals surface area contributed by atoms with Crippen LogP contribution >= 0.6 is 11.6 Å². The third-order valence-corrected chi connectivity index (χ3v) is 13.1. The highest BCUT2D eigenvalue weighted by atomic mass is 35.5. The van der Waals surface area contributed by atoms with Crippen molar-refractivity contribution in [2.45, 2.75) is 92.0 Å². The van der Waals surface area contributed by atoms with Crippen molar-refractivity contribution >= 4 is 44.5 Å². The van der Waals surface area contributed by atoms with Crippen LogP contribution in [0.3, 0.4) is 0 Å². The number of ether oxygens (including phenoxy) is 2. The smallest absolute Gasteiger partial charge is 0.119 e. The fraction of sp³-hybridized carbons (Fsp3) is 0.417. The number of benzene rings is 4. The van der Waals surface area contributed by atoms with Crippen molar-refractivity contribution in [3.63, 3.8) is 0 Å². The van der Waals surface area contributed by atoms with Crippen LogP contribution in [0.1, 0.15) is 86.3 Å². The van der Waals surface area contributed by atoms with E-state index >= 15 is 0 Å². The largest absolute Gasteiger partial charge is 0.497 e. The predicted octanol–water partition coefficient (Wildman–Crippen LogP) is 12.6. The van der Waals surface area contributed by atoms with Gasteiger partial charge in [0.05, 0.1) is 20.3 Å². The number of hydrogen-bond donors (Lipinski definition) is 0. The first-order valence-electron chi connectivity index (χ1n) is 19.4. The van der Waals surface area contributed by atoms with E-state index in [9.17, 15) is 0 Å². The summed E-state index contributed by atoms with van der Waals surface area (Å²) in [5, 5.41) is 5.91. The average molecular weight is 729 g/mol. The van der Waals surface area contributed by atoms with Gasteiger partial charge in [-0.15, -0.1) is 0 Å². The minimum Gasteiger partial charge on any atom is -0.497 e. The first kappa shape index (κ1) is 37.2. The molecule has 5 heteroatoms. The minimum atomic E-state index is -0.185. The summed E-state index contributed by atoms with van der Waals surface area (Å²) in [4.78, 5) is 5.05. The molecule has 1 aliphatic carbocycles. The van der Waals surface area contributed by atoms with Crippen LogP contribution in [0, 0.1) is 11.3 Å². The lowest BCUT2D eigenvalue weighted by Gasteiger charge is -2.36. The van der Waals surface area contributed by atoms with Crippen LogP contribution in [0.4, 0.5) is 11.4 Å². The lowest BCUT2D eigenvalue weighted by atomic mass is 9.70. The van der Waals surface area contributed by atoms with Gasteiger partial charge in [0.25, 0.3) is 0 Å². The highest BCUT2D eigenvalue weighted by molar-refractivity contribution is 6.32. The van der Waals surface area contributed by atoms with Crippen molar-refractivity contribution in [3.8, 4) is 11.5 Å². The topological polar surface area (TPSA) is 24.9 Å². The monoisotopic (exact) mass is 728 g/mol. The molecule has 0 radical (unpaired) electrons. The molecule has 4 aromatic carbocycles. The van der Waals surface area contributed by atoms with E-state index in [1.807, 2.05) is 0 Å². The third kappa shape index (κ3) is 6.15. The van der Waals surface area contributed by atoms with Crippen molar-refractivity contribution < 1.29 is 9.47 Å². The van der Waals surface area contributed by atoms with Crippen LogP contribution in [-0.4, -0.2) is 33.4 Å². The fourth-order valence-electron chi connectivity index (χ4n) is 9.55. The second-order valence-corrected chi connectivity index (χ2v) is 17.7. The zero-order valence-electron chi connectivity index (χ0n) is 33.7. The second-order valence-electron chi connectivity index (χ2n) is 17.3. The Kier molecular flexibility index (Phi) is 9.55. The van der Waals surface area contributed by atoms with E-state index in [-0.39, 0.29) is 22.3 Å². The van der Waals surface area contributed by atoms with Crippen LogP contribution in [0.15, 0.2) is 107 Å². The van der Waals surface area contributed by atoms with Crippen LogP contribution in [-0.2, 0) is 10.8 Å². The van der Waals surface area contributed by atoms with Crippen molar-refractivity contribution in [2.75, 3.05) is 37.1 Å². The number of hydrogen-bond acceptors (Lipinski definition) is 4. The molecular formula is C48H57ClN2O2. The molecule has 278 valence electrons. The molecule has 0 aromatic heterocycles. The molecule has 0 bridgehead atoms. The van der Waals surface area contributed by atoms with Crippen molar-refractivity contribution in [3.05, 3.63) is 118 Å². The quantitative estimate of drug-likeness (QED) is 0.189. The van der Waals surface area contributed by atoms with Gasteiger partial charge in [0.1, 0.15) is 11.5 Å². The third-order valence-electron chi connectivity index (χ3n) is 12.6. The summed E-state index contributed by atoms with van der Waals surface area (Å²) in [7, 11) is 3.47. The first-order valence-corrected chi connectivity index (χ1v) is 19.8. The predicted molar refractivity (Wildman–Crippen MR) is 227 cm³/mol. The molecule has 2 heterocycles. The molecule has 0 fully saturated rings. The molecule has 2 unspecified atom stereocenters. The Hall–Kier alpha value is -4.15. The van der Waals surface area contributed by atoms with Gasteiger partial charge in [-0.05, 0) is 124 Å². The van der Waals surface area contributed by atoms with Crippen LogP contribution in [0.2, 0.25) is 0 Å². The van der Waals surface area contributed by atoms with E-state index in [0.29, 0.717) is 5.92 Å².